The summed E-state index contributed by atoms with van der Waals surface area (Å²) in [5.74, 6) is -1.90. The van der Waals surface area contributed by atoms with Crippen molar-refractivity contribution in [2.75, 3.05) is 6.61 Å². The van der Waals surface area contributed by atoms with Crippen LogP contribution in [0.1, 0.15) is 27.2 Å². The number of hydrogen-bond acceptors (Lipinski definition) is 7. The minimum Gasteiger partial charge on any atom is -0.479 e. The summed E-state index contributed by atoms with van der Waals surface area (Å²) in [6.45, 7) is 8.31. The van der Waals surface area contributed by atoms with Gasteiger partial charge in [0.15, 0.2) is 5.60 Å². The molecular weight excluding hydrogens is 352 g/mol. The number of aliphatic hydroxyl groups is 1. The fourth-order valence-corrected chi connectivity index (χ4v) is 3.46. The smallest absolute Gasteiger partial charge is 0.334 e. The molecule has 3 rings (SSSR count). The molecule has 0 spiro atoms. The van der Waals surface area contributed by atoms with E-state index >= 15 is 0 Å². The monoisotopic (exact) mass is 374 g/mol. The molecule has 0 aliphatic carbocycles. The predicted molar refractivity (Wildman–Crippen MR) is 94.2 cm³/mol. The second-order valence-corrected chi connectivity index (χ2v) is 7.10. The van der Waals surface area contributed by atoms with Crippen molar-refractivity contribution in [3.05, 3.63) is 47.3 Å². The summed E-state index contributed by atoms with van der Waals surface area (Å²) in [7, 11) is 0. The molecule has 7 nitrogen and oxygen atoms in total. The summed E-state index contributed by atoms with van der Waals surface area (Å²) in [5, 5.41) is 9.70. The number of hydrogen-bond donors (Lipinski definition) is 1. The molecule has 1 saturated heterocycles. The van der Waals surface area contributed by atoms with Crippen molar-refractivity contribution in [3.8, 4) is 0 Å². The molecule has 1 N–H and O–H groups in total. The molecule has 0 aromatic carbocycles. The Kier molecular flexibility index (Phi) is 4.82. The first-order valence-electron chi connectivity index (χ1n) is 8.71. The van der Waals surface area contributed by atoms with Crippen LogP contribution in [0, 0.1) is 5.92 Å². The highest BCUT2D eigenvalue weighted by Gasteiger charge is 2.52. The fourth-order valence-electron chi connectivity index (χ4n) is 3.46. The van der Waals surface area contributed by atoms with Crippen LogP contribution >= 0.6 is 0 Å². The van der Waals surface area contributed by atoms with Gasteiger partial charge in [-0.25, -0.2) is 9.59 Å². The molecule has 3 heterocycles. The van der Waals surface area contributed by atoms with Crippen LogP contribution in [-0.2, 0) is 28.6 Å². The van der Waals surface area contributed by atoms with Crippen molar-refractivity contribution in [2.24, 2.45) is 5.92 Å². The Hall–Kier alpha value is -2.67. The zero-order valence-corrected chi connectivity index (χ0v) is 15.5. The van der Waals surface area contributed by atoms with Crippen molar-refractivity contribution in [3.63, 3.8) is 0 Å². The second kappa shape index (κ2) is 6.81. The third-order valence-corrected chi connectivity index (χ3v) is 5.24. The van der Waals surface area contributed by atoms with Gasteiger partial charge in [-0.15, -0.1) is 0 Å². The van der Waals surface area contributed by atoms with Crippen molar-refractivity contribution >= 4 is 17.7 Å². The molecule has 0 amide bonds. The molecule has 0 saturated carbocycles. The Balaban J connectivity index is 2.07. The van der Waals surface area contributed by atoms with Gasteiger partial charge < -0.3 is 19.3 Å². The van der Waals surface area contributed by atoms with Crippen molar-refractivity contribution in [1.82, 2.24) is 0 Å². The van der Waals surface area contributed by atoms with Crippen LogP contribution in [0.2, 0.25) is 0 Å². The number of rotatable bonds is 3. The average molecular weight is 374 g/mol. The number of aliphatic hydroxyl groups excluding tert-OH is 1. The lowest BCUT2D eigenvalue weighted by Crippen LogP contribution is -2.42. The summed E-state index contributed by atoms with van der Waals surface area (Å²) in [4.78, 5) is 37.0. The van der Waals surface area contributed by atoms with Gasteiger partial charge in [0.1, 0.15) is 18.0 Å². The molecule has 3 aliphatic heterocycles. The Morgan fingerprint density at radius 2 is 2.19 bits per heavy atom. The molecule has 0 radical (unpaired) electrons. The average Bonchev–Trinajstić information content (AvgIpc) is 3.08. The van der Waals surface area contributed by atoms with E-state index in [0.717, 1.165) is 0 Å². The zero-order valence-electron chi connectivity index (χ0n) is 15.5. The van der Waals surface area contributed by atoms with Gasteiger partial charge in [0.25, 0.3) is 0 Å². The van der Waals surface area contributed by atoms with E-state index in [4.69, 9.17) is 14.2 Å². The van der Waals surface area contributed by atoms with Crippen molar-refractivity contribution in [1.29, 1.82) is 0 Å². The molecule has 0 aromatic rings. The zero-order chi connectivity index (χ0) is 19.9. The van der Waals surface area contributed by atoms with Crippen molar-refractivity contribution < 1.29 is 33.7 Å². The van der Waals surface area contributed by atoms with E-state index in [1.807, 2.05) is 0 Å². The number of fused-ring (bicyclic) bond motifs is 3. The van der Waals surface area contributed by atoms with Gasteiger partial charge >= 0.3 is 11.9 Å². The summed E-state index contributed by atoms with van der Waals surface area (Å²) in [6.07, 6.45) is 2.83. The number of allylic oxidation sites excluding steroid dienone is 1. The molecular formula is C20H22O7. The minimum atomic E-state index is -1.28. The van der Waals surface area contributed by atoms with E-state index < -0.39 is 42.3 Å². The highest BCUT2D eigenvalue weighted by atomic mass is 16.6. The molecule has 4 atom stereocenters. The molecule has 7 heteroatoms. The van der Waals surface area contributed by atoms with Crippen LogP contribution in [0.4, 0.5) is 0 Å². The third kappa shape index (κ3) is 3.23. The van der Waals surface area contributed by atoms with Gasteiger partial charge in [-0.2, -0.15) is 0 Å². The Morgan fingerprint density at radius 1 is 1.48 bits per heavy atom. The molecule has 0 unspecified atom stereocenters. The first-order valence-corrected chi connectivity index (χ1v) is 8.71. The van der Waals surface area contributed by atoms with Gasteiger partial charge in [0.2, 0.25) is 5.78 Å². The van der Waals surface area contributed by atoms with Crippen LogP contribution in [-0.4, -0.2) is 47.2 Å². The van der Waals surface area contributed by atoms with Gasteiger partial charge in [-0.3, -0.25) is 4.79 Å². The molecule has 3 aliphatic rings. The predicted octanol–water partition coefficient (Wildman–Crippen LogP) is 1.53. The van der Waals surface area contributed by atoms with E-state index in [-0.39, 0.29) is 23.5 Å². The fraction of sp³-hybridized carbons (Fsp3) is 0.450. The Morgan fingerprint density at radius 3 is 2.81 bits per heavy atom. The lowest BCUT2D eigenvalue weighted by Gasteiger charge is -2.31. The lowest BCUT2D eigenvalue weighted by molar-refractivity contribution is -0.153. The molecule has 0 aromatic heterocycles. The summed E-state index contributed by atoms with van der Waals surface area (Å²) >= 11 is 0. The lowest BCUT2D eigenvalue weighted by atomic mass is 9.82. The SMILES string of the molecule is C=C1C(=O)O[C@@H]2C=C(CO)C3=CC(=O)[C@@](C)(C[C@@H](OC(=O)/C(C)=C/C)[C@@H]12)O3. The van der Waals surface area contributed by atoms with Gasteiger partial charge in [0.05, 0.1) is 12.5 Å². The van der Waals surface area contributed by atoms with Crippen LogP contribution in [0.3, 0.4) is 0 Å². The highest BCUT2D eigenvalue weighted by Crippen LogP contribution is 2.42. The van der Waals surface area contributed by atoms with Crippen LogP contribution in [0.15, 0.2) is 47.3 Å². The maximum Gasteiger partial charge on any atom is 0.334 e. The van der Waals surface area contributed by atoms with Gasteiger partial charge in [-0.1, -0.05) is 12.7 Å². The summed E-state index contributed by atoms with van der Waals surface area (Å²) < 4.78 is 16.8. The van der Waals surface area contributed by atoms with E-state index in [2.05, 4.69) is 6.58 Å². The van der Waals surface area contributed by atoms with E-state index in [1.54, 1.807) is 26.8 Å². The highest BCUT2D eigenvalue weighted by molar-refractivity contribution is 6.00. The number of carbonyl (C=O) groups excluding carboxylic acids is 3. The van der Waals surface area contributed by atoms with E-state index in [1.165, 1.54) is 12.2 Å². The van der Waals surface area contributed by atoms with E-state index in [0.29, 0.717) is 11.1 Å². The number of ketones is 1. The topological polar surface area (TPSA) is 99.1 Å². The Bertz CT molecular complexity index is 816. The molecule has 27 heavy (non-hydrogen) atoms. The number of ether oxygens (including phenoxy) is 3. The molecule has 144 valence electrons. The van der Waals surface area contributed by atoms with Crippen LogP contribution < -0.4 is 0 Å². The second-order valence-electron chi connectivity index (χ2n) is 7.10. The first-order chi connectivity index (χ1) is 12.7. The largest absolute Gasteiger partial charge is 0.479 e. The standard InChI is InChI=1S/C20H22O7/c1-5-10(2)18(23)26-15-8-20(4)16(22)7-13(27-20)12(9-21)6-14-17(15)11(3)19(24)25-14/h5-7,14-15,17,21H,3,8-9H2,1-2,4H3/b10-5+,12-6?/t14-,15-,17+,20-/m1/s1. The summed E-state index contributed by atoms with van der Waals surface area (Å²) in [5.41, 5.74) is -0.385. The van der Waals surface area contributed by atoms with Crippen molar-refractivity contribution in [2.45, 2.75) is 45.0 Å². The normalized spacial score (nSPS) is 33.1. The minimum absolute atomic E-state index is 0.0257. The molecule has 2 bridgehead atoms. The first kappa shape index (κ1) is 19.1. The maximum absolute atomic E-state index is 12.5. The van der Waals surface area contributed by atoms with Gasteiger partial charge in [0, 0.05) is 29.2 Å². The number of esters is 2. The summed E-state index contributed by atoms with van der Waals surface area (Å²) in [6, 6.07) is 0. The van der Waals surface area contributed by atoms with Crippen LogP contribution in [0.5, 0.6) is 0 Å². The quantitative estimate of drug-likeness (QED) is 0.591. The van der Waals surface area contributed by atoms with Crippen LogP contribution in [0.25, 0.3) is 0 Å². The Labute approximate surface area is 157 Å². The third-order valence-electron chi connectivity index (χ3n) is 5.24. The van der Waals surface area contributed by atoms with E-state index in [9.17, 15) is 19.5 Å². The van der Waals surface area contributed by atoms with Gasteiger partial charge in [-0.05, 0) is 26.8 Å². The molecule has 1 fully saturated rings. The number of carbonyl (C=O) groups is 3. The maximum atomic E-state index is 12.5.